The van der Waals surface area contributed by atoms with Crippen LogP contribution in [0.3, 0.4) is 0 Å². The second kappa shape index (κ2) is 8.06. The molecule has 2 aromatic carbocycles. The zero-order valence-corrected chi connectivity index (χ0v) is 16.8. The summed E-state index contributed by atoms with van der Waals surface area (Å²) in [6.07, 6.45) is 0.568. The number of hydrogen-bond acceptors (Lipinski definition) is 6. The molecule has 0 amide bonds. The van der Waals surface area contributed by atoms with Crippen LogP contribution >= 0.6 is 23.1 Å². The summed E-state index contributed by atoms with van der Waals surface area (Å²) in [7, 11) is 0. The van der Waals surface area contributed by atoms with Gasteiger partial charge in [-0.3, -0.25) is 0 Å². The van der Waals surface area contributed by atoms with Crippen LogP contribution in [0.5, 0.6) is 0 Å². The van der Waals surface area contributed by atoms with E-state index in [0.717, 1.165) is 10.7 Å². The number of hydrogen-bond donors (Lipinski definition) is 0. The van der Waals surface area contributed by atoms with Crippen molar-refractivity contribution in [2.75, 3.05) is 0 Å². The zero-order valence-electron chi connectivity index (χ0n) is 15.1. The minimum atomic E-state index is 0.0993. The third-order valence-corrected chi connectivity index (χ3v) is 6.19. The van der Waals surface area contributed by atoms with Crippen molar-refractivity contribution in [3.8, 4) is 0 Å². The Morgan fingerprint density at radius 1 is 1.00 bits per heavy atom. The van der Waals surface area contributed by atoms with Gasteiger partial charge < -0.3 is 4.42 Å². The maximum atomic E-state index is 5.92. The van der Waals surface area contributed by atoms with E-state index in [0.29, 0.717) is 17.5 Å². The van der Waals surface area contributed by atoms with Gasteiger partial charge in [0.15, 0.2) is 0 Å². The van der Waals surface area contributed by atoms with Gasteiger partial charge in [0.1, 0.15) is 0 Å². The fourth-order valence-electron chi connectivity index (χ4n) is 2.92. The summed E-state index contributed by atoms with van der Waals surface area (Å²) in [6.45, 7) is 4.13. The second-order valence-electron chi connectivity index (χ2n) is 6.26. The van der Waals surface area contributed by atoms with E-state index in [1.54, 1.807) is 23.1 Å². The fourth-order valence-corrected chi connectivity index (χ4v) is 4.65. The zero-order chi connectivity index (χ0) is 18.6. The first kappa shape index (κ1) is 17.9. The molecule has 0 spiro atoms. The fraction of sp³-hybridized carbons (Fsp3) is 0.190. The maximum absolute atomic E-state index is 5.92. The number of rotatable bonds is 6. The lowest BCUT2D eigenvalue weighted by molar-refractivity contribution is 0.419. The van der Waals surface area contributed by atoms with E-state index in [9.17, 15) is 0 Å². The minimum absolute atomic E-state index is 0.0993. The average molecular weight is 394 g/mol. The molecule has 2 heterocycles. The Labute approximate surface area is 166 Å². The lowest BCUT2D eigenvalue weighted by Gasteiger charge is -2.17. The lowest BCUT2D eigenvalue weighted by Crippen LogP contribution is -1.99. The van der Waals surface area contributed by atoms with Crippen LogP contribution in [0.25, 0.3) is 0 Å². The van der Waals surface area contributed by atoms with Crippen LogP contribution in [-0.4, -0.2) is 15.2 Å². The van der Waals surface area contributed by atoms with Gasteiger partial charge in [0.2, 0.25) is 5.89 Å². The third kappa shape index (κ3) is 4.28. The van der Waals surface area contributed by atoms with Crippen molar-refractivity contribution in [3.05, 3.63) is 93.3 Å². The molecule has 0 N–H and O–H groups in total. The molecule has 2 aromatic heterocycles. The molecule has 4 rings (SSSR count). The quantitative estimate of drug-likeness (QED) is 0.398. The number of aryl methyl sites for hydroxylation is 2. The summed E-state index contributed by atoms with van der Waals surface area (Å²) >= 11 is 3.22. The third-order valence-electron chi connectivity index (χ3n) is 4.24. The van der Waals surface area contributed by atoms with Crippen molar-refractivity contribution in [2.24, 2.45) is 0 Å². The van der Waals surface area contributed by atoms with Gasteiger partial charge in [0.05, 0.1) is 22.4 Å². The van der Waals surface area contributed by atoms with Gasteiger partial charge in [-0.05, 0) is 30.5 Å². The predicted octanol–water partition coefficient (Wildman–Crippen LogP) is 5.62. The van der Waals surface area contributed by atoms with E-state index >= 15 is 0 Å². The monoisotopic (exact) mass is 393 g/mol. The predicted molar refractivity (Wildman–Crippen MR) is 109 cm³/mol. The Balaban J connectivity index is 1.60. The number of aromatic nitrogens is 3. The molecule has 136 valence electrons. The summed E-state index contributed by atoms with van der Waals surface area (Å²) in [4.78, 5) is 4.47. The van der Waals surface area contributed by atoms with E-state index in [4.69, 9.17) is 4.42 Å². The summed E-state index contributed by atoms with van der Waals surface area (Å²) in [6, 6.07) is 18.9. The van der Waals surface area contributed by atoms with Crippen LogP contribution in [0.1, 0.15) is 38.5 Å². The second-order valence-corrected chi connectivity index (χ2v) is 8.38. The summed E-state index contributed by atoms with van der Waals surface area (Å²) in [5, 5.41) is 12.2. The standard InChI is InChI=1S/C21H19N3OS2/c1-14-8-6-7-11-18(14)20(16-9-4-3-5-10-16)27-21-24-23-19(25-21)12-17-13-26-15(2)22-17/h3-11,13,20H,12H2,1-2H3. The van der Waals surface area contributed by atoms with Crippen molar-refractivity contribution < 1.29 is 4.42 Å². The average Bonchev–Trinajstić information content (AvgIpc) is 3.30. The molecule has 4 nitrogen and oxygen atoms in total. The molecule has 0 radical (unpaired) electrons. The van der Waals surface area contributed by atoms with Crippen molar-refractivity contribution in [3.63, 3.8) is 0 Å². The highest BCUT2D eigenvalue weighted by atomic mass is 32.2. The number of thioether (sulfide) groups is 1. The summed E-state index contributed by atoms with van der Waals surface area (Å²) < 4.78 is 5.92. The first-order valence-electron chi connectivity index (χ1n) is 8.69. The van der Waals surface area contributed by atoms with Gasteiger partial charge in [0.25, 0.3) is 5.22 Å². The van der Waals surface area contributed by atoms with Crippen LogP contribution < -0.4 is 0 Å². The molecule has 0 bridgehead atoms. The van der Waals surface area contributed by atoms with Gasteiger partial charge in [-0.1, -0.05) is 66.4 Å². The smallest absolute Gasteiger partial charge is 0.277 e. The highest BCUT2D eigenvalue weighted by Gasteiger charge is 2.21. The molecule has 4 aromatic rings. The van der Waals surface area contributed by atoms with Gasteiger partial charge >= 0.3 is 0 Å². The Bertz CT molecular complexity index is 1030. The topological polar surface area (TPSA) is 51.8 Å². The van der Waals surface area contributed by atoms with Crippen molar-refractivity contribution in [1.82, 2.24) is 15.2 Å². The molecule has 0 fully saturated rings. The lowest BCUT2D eigenvalue weighted by atomic mass is 10.0. The van der Waals surface area contributed by atoms with Crippen molar-refractivity contribution in [2.45, 2.75) is 30.7 Å². The van der Waals surface area contributed by atoms with Crippen LogP contribution in [0.15, 0.2) is 69.6 Å². The van der Waals surface area contributed by atoms with E-state index in [2.05, 4.69) is 70.6 Å². The normalized spacial score (nSPS) is 12.2. The van der Waals surface area contributed by atoms with E-state index in [1.165, 1.54) is 16.7 Å². The van der Waals surface area contributed by atoms with Gasteiger partial charge in [-0.15, -0.1) is 21.5 Å². The highest BCUT2D eigenvalue weighted by Crippen LogP contribution is 2.41. The molecule has 6 heteroatoms. The van der Waals surface area contributed by atoms with Crippen molar-refractivity contribution in [1.29, 1.82) is 0 Å². The number of thiazole rings is 1. The Morgan fingerprint density at radius 2 is 1.78 bits per heavy atom. The van der Waals surface area contributed by atoms with Gasteiger partial charge in [-0.2, -0.15) is 0 Å². The molecule has 1 atom stereocenters. The molecule has 0 aliphatic carbocycles. The van der Waals surface area contributed by atoms with Gasteiger partial charge in [0, 0.05) is 5.38 Å². The number of benzene rings is 2. The van der Waals surface area contributed by atoms with Crippen LogP contribution in [0, 0.1) is 13.8 Å². The molecule has 0 saturated carbocycles. The van der Waals surface area contributed by atoms with Gasteiger partial charge in [-0.25, -0.2) is 4.98 Å². The first-order chi connectivity index (χ1) is 13.2. The maximum Gasteiger partial charge on any atom is 0.277 e. The SMILES string of the molecule is Cc1nc(Cc2nnc(SC(c3ccccc3)c3ccccc3C)o2)cs1. The van der Waals surface area contributed by atoms with Crippen LogP contribution in [-0.2, 0) is 6.42 Å². The molecule has 0 aliphatic rings. The molecule has 0 saturated heterocycles. The van der Waals surface area contributed by atoms with Crippen LogP contribution in [0.2, 0.25) is 0 Å². The molecule has 0 aliphatic heterocycles. The van der Waals surface area contributed by atoms with Crippen molar-refractivity contribution >= 4 is 23.1 Å². The number of nitrogens with zero attached hydrogens (tertiary/aromatic N) is 3. The Hall–Kier alpha value is -2.44. The Kier molecular flexibility index (Phi) is 5.36. The largest absolute Gasteiger partial charge is 0.416 e. The van der Waals surface area contributed by atoms with E-state index < -0.39 is 0 Å². The molecule has 27 heavy (non-hydrogen) atoms. The highest BCUT2D eigenvalue weighted by molar-refractivity contribution is 7.99. The first-order valence-corrected chi connectivity index (χ1v) is 10.5. The minimum Gasteiger partial charge on any atom is -0.416 e. The van der Waals surface area contributed by atoms with Crippen LogP contribution in [0.4, 0.5) is 0 Å². The molecule has 1 unspecified atom stereocenters. The van der Waals surface area contributed by atoms with E-state index in [1.807, 2.05) is 18.4 Å². The molecular formula is C21H19N3OS2. The van der Waals surface area contributed by atoms with E-state index in [-0.39, 0.29) is 5.25 Å². The Morgan fingerprint density at radius 3 is 2.52 bits per heavy atom. The summed E-state index contributed by atoms with van der Waals surface area (Å²) in [5.74, 6) is 0.597. The summed E-state index contributed by atoms with van der Waals surface area (Å²) in [5.41, 5.74) is 4.68. The molecular weight excluding hydrogens is 374 g/mol.